The van der Waals surface area contributed by atoms with Gasteiger partial charge in [0.15, 0.2) is 5.65 Å². The smallest absolute Gasteiger partial charge is 0.420 e. The lowest BCUT2D eigenvalue weighted by molar-refractivity contribution is 0.196. The fourth-order valence-electron chi connectivity index (χ4n) is 2.32. The number of imidazole rings is 1. The second-order valence-electron chi connectivity index (χ2n) is 4.74. The van der Waals surface area contributed by atoms with Gasteiger partial charge in [-0.25, -0.2) is 14.6 Å². The van der Waals surface area contributed by atoms with Gasteiger partial charge in [-0.3, -0.25) is 9.55 Å². The molecule has 0 aliphatic carbocycles. The van der Waals surface area contributed by atoms with Crippen LogP contribution in [0, 0.1) is 0 Å². The maximum atomic E-state index is 12.3. The lowest BCUT2D eigenvalue weighted by Crippen LogP contribution is -2.28. The van der Waals surface area contributed by atoms with Crippen LogP contribution in [0.5, 0.6) is 0 Å². The Balaban J connectivity index is 2.08. The average Bonchev–Trinajstić information content (AvgIpc) is 2.77. The summed E-state index contributed by atoms with van der Waals surface area (Å²) < 4.78 is 1.98. The number of anilines is 1. The first-order chi connectivity index (χ1) is 10.6. The molecule has 3 N–H and O–H groups in total. The van der Waals surface area contributed by atoms with Crippen molar-refractivity contribution in [2.24, 2.45) is 0 Å². The highest BCUT2D eigenvalue weighted by molar-refractivity contribution is 5.84. The third-order valence-electron chi connectivity index (χ3n) is 3.33. The molecule has 112 valence electrons. The van der Waals surface area contributed by atoms with Crippen LogP contribution in [-0.4, -0.2) is 30.3 Å². The Morgan fingerprint density at radius 2 is 2.14 bits per heavy atom. The largest absolute Gasteiger partial charge is 0.464 e. The van der Waals surface area contributed by atoms with Crippen LogP contribution in [-0.2, 0) is 13.0 Å². The number of rotatable bonds is 3. The number of hydrogen-bond donors (Lipinski definition) is 2. The second kappa shape index (κ2) is 5.32. The number of pyridine rings is 2. The summed E-state index contributed by atoms with van der Waals surface area (Å²) >= 11 is 0. The zero-order valence-corrected chi connectivity index (χ0v) is 11.5. The van der Waals surface area contributed by atoms with E-state index in [1.807, 2.05) is 6.07 Å². The molecule has 3 heterocycles. The van der Waals surface area contributed by atoms with E-state index in [9.17, 15) is 14.7 Å². The van der Waals surface area contributed by atoms with Crippen molar-refractivity contribution < 1.29 is 9.90 Å². The Morgan fingerprint density at radius 3 is 2.82 bits per heavy atom. The van der Waals surface area contributed by atoms with Crippen molar-refractivity contribution in [1.29, 1.82) is 0 Å². The van der Waals surface area contributed by atoms with Crippen LogP contribution >= 0.6 is 0 Å². The highest BCUT2D eigenvalue weighted by atomic mass is 16.4. The first-order valence-corrected chi connectivity index (χ1v) is 6.58. The van der Waals surface area contributed by atoms with Crippen molar-refractivity contribution in [2.45, 2.75) is 13.0 Å². The van der Waals surface area contributed by atoms with Crippen LogP contribution in [0.2, 0.25) is 0 Å². The van der Waals surface area contributed by atoms with Crippen molar-refractivity contribution in [3.8, 4) is 0 Å². The molecule has 0 fully saturated rings. The van der Waals surface area contributed by atoms with E-state index in [1.165, 1.54) is 16.7 Å². The minimum absolute atomic E-state index is 0.220. The topological polar surface area (TPSA) is 116 Å². The number of carbonyl (C=O) groups is 1. The quantitative estimate of drug-likeness (QED) is 0.743. The fraction of sp³-hybridized carbons (Fsp3) is 0.143. The molecule has 0 aliphatic heterocycles. The molecule has 0 aliphatic rings. The molecule has 0 saturated carbocycles. The molecule has 0 radical (unpaired) electrons. The van der Waals surface area contributed by atoms with Crippen LogP contribution in [0.1, 0.15) is 5.56 Å². The van der Waals surface area contributed by atoms with E-state index < -0.39 is 11.8 Å². The van der Waals surface area contributed by atoms with Gasteiger partial charge >= 0.3 is 11.8 Å². The van der Waals surface area contributed by atoms with Crippen molar-refractivity contribution in [3.05, 3.63) is 52.7 Å². The molecule has 3 aromatic heterocycles. The van der Waals surface area contributed by atoms with Gasteiger partial charge in [-0.05, 0) is 30.2 Å². The number of hydrogen-bond acceptors (Lipinski definition) is 5. The molecule has 3 aromatic rings. The molecule has 0 aromatic carbocycles. The van der Waals surface area contributed by atoms with Gasteiger partial charge in [0, 0.05) is 18.9 Å². The summed E-state index contributed by atoms with van der Waals surface area (Å²) in [5, 5.41) is 9.21. The summed E-state index contributed by atoms with van der Waals surface area (Å²) in [6, 6.07) is 6.63. The molecule has 0 atom stereocenters. The molecular weight excluding hydrogens is 286 g/mol. The highest BCUT2D eigenvalue weighted by Crippen LogP contribution is 2.13. The summed E-state index contributed by atoms with van der Waals surface area (Å²) in [5.74, 6) is 0.227. The first kappa shape index (κ1) is 13.8. The number of aromatic nitrogens is 4. The van der Waals surface area contributed by atoms with Gasteiger partial charge in [0.1, 0.15) is 11.3 Å². The van der Waals surface area contributed by atoms with Crippen LogP contribution < -0.4 is 11.4 Å². The summed E-state index contributed by atoms with van der Waals surface area (Å²) in [6.45, 7) is 0.289. The van der Waals surface area contributed by atoms with Crippen molar-refractivity contribution in [2.75, 3.05) is 5.73 Å². The van der Waals surface area contributed by atoms with Crippen LogP contribution in [0.4, 0.5) is 10.6 Å². The normalized spacial score (nSPS) is 10.9. The minimum Gasteiger partial charge on any atom is -0.464 e. The molecule has 8 heteroatoms. The molecule has 22 heavy (non-hydrogen) atoms. The molecule has 0 spiro atoms. The van der Waals surface area contributed by atoms with E-state index in [4.69, 9.17) is 5.73 Å². The fourth-order valence-corrected chi connectivity index (χ4v) is 2.32. The van der Waals surface area contributed by atoms with Crippen LogP contribution in [0.25, 0.3) is 11.2 Å². The lowest BCUT2D eigenvalue weighted by Gasteiger charge is -2.03. The van der Waals surface area contributed by atoms with Crippen LogP contribution in [0.15, 0.2) is 41.5 Å². The predicted octanol–water partition coefficient (Wildman–Crippen LogP) is 0.944. The summed E-state index contributed by atoms with van der Waals surface area (Å²) in [4.78, 5) is 31.7. The number of carboxylic acid groups (broad SMARTS) is 1. The van der Waals surface area contributed by atoms with Gasteiger partial charge in [0.25, 0.3) is 0 Å². The van der Waals surface area contributed by atoms with E-state index >= 15 is 0 Å². The van der Waals surface area contributed by atoms with E-state index in [0.717, 1.165) is 5.56 Å². The Bertz CT molecular complexity index is 898. The maximum absolute atomic E-state index is 12.3. The van der Waals surface area contributed by atoms with Gasteiger partial charge in [-0.1, -0.05) is 6.07 Å². The van der Waals surface area contributed by atoms with Gasteiger partial charge in [0.2, 0.25) is 0 Å². The second-order valence-corrected chi connectivity index (χ2v) is 4.74. The zero-order valence-electron chi connectivity index (χ0n) is 11.5. The molecule has 0 bridgehead atoms. The molecule has 3 rings (SSSR count). The van der Waals surface area contributed by atoms with Gasteiger partial charge in [-0.15, -0.1) is 0 Å². The molecule has 0 saturated heterocycles. The summed E-state index contributed by atoms with van der Waals surface area (Å²) in [5.41, 5.74) is 6.41. The first-order valence-electron chi connectivity index (χ1n) is 6.58. The van der Waals surface area contributed by atoms with E-state index in [1.54, 1.807) is 18.5 Å². The lowest BCUT2D eigenvalue weighted by atomic mass is 10.2. The third kappa shape index (κ3) is 2.30. The predicted molar refractivity (Wildman–Crippen MR) is 79.8 cm³/mol. The van der Waals surface area contributed by atoms with E-state index in [0.29, 0.717) is 11.0 Å². The van der Waals surface area contributed by atoms with Gasteiger partial charge in [-0.2, -0.15) is 4.57 Å². The Hall–Kier alpha value is -3.16. The minimum atomic E-state index is -1.35. The number of nitrogens with two attached hydrogens (primary N) is 1. The van der Waals surface area contributed by atoms with Crippen molar-refractivity contribution in [1.82, 2.24) is 19.1 Å². The average molecular weight is 299 g/mol. The number of fused-ring (bicyclic) bond motifs is 1. The van der Waals surface area contributed by atoms with Crippen molar-refractivity contribution >= 4 is 23.1 Å². The molecule has 0 unspecified atom stereocenters. The Kier molecular flexibility index (Phi) is 3.34. The standard InChI is InChI=1S/C14H13N5O3/c15-11-4-3-10-12(17-11)18(13(20)19(10)14(21)22)7-5-9-2-1-6-16-8-9/h1-4,6,8H,5,7H2,(H2,15,17)(H,21,22). The number of aryl methyl sites for hydroxylation is 2. The number of nitrogen functional groups attached to an aromatic ring is 1. The van der Waals surface area contributed by atoms with Gasteiger partial charge < -0.3 is 10.8 Å². The van der Waals surface area contributed by atoms with E-state index in [2.05, 4.69) is 9.97 Å². The Morgan fingerprint density at radius 1 is 1.32 bits per heavy atom. The highest BCUT2D eigenvalue weighted by Gasteiger charge is 2.18. The van der Waals surface area contributed by atoms with E-state index in [-0.39, 0.29) is 23.5 Å². The monoisotopic (exact) mass is 299 g/mol. The van der Waals surface area contributed by atoms with Crippen LogP contribution in [0.3, 0.4) is 0 Å². The Labute approximate surface area is 124 Å². The molecular formula is C14H13N5O3. The SMILES string of the molecule is Nc1ccc2c(n1)n(CCc1cccnc1)c(=O)n2C(=O)O. The van der Waals surface area contributed by atoms with Gasteiger partial charge in [0.05, 0.1) is 0 Å². The number of nitrogens with zero attached hydrogens (tertiary/aromatic N) is 4. The molecule has 8 nitrogen and oxygen atoms in total. The molecule has 0 amide bonds. The summed E-state index contributed by atoms with van der Waals surface area (Å²) in [6.07, 6.45) is 2.54. The summed E-state index contributed by atoms with van der Waals surface area (Å²) in [7, 11) is 0. The van der Waals surface area contributed by atoms with Crippen molar-refractivity contribution in [3.63, 3.8) is 0 Å². The third-order valence-corrected chi connectivity index (χ3v) is 3.33. The zero-order chi connectivity index (χ0) is 15.7. The maximum Gasteiger partial charge on any atom is 0.420 e.